The van der Waals surface area contributed by atoms with E-state index in [-0.39, 0.29) is 18.0 Å². The van der Waals surface area contributed by atoms with Crippen LogP contribution in [0.25, 0.3) is 0 Å². The summed E-state index contributed by atoms with van der Waals surface area (Å²) < 4.78 is 5.31. The van der Waals surface area contributed by atoms with Crippen LogP contribution in [0, 0.1) is 0 Å². The fraction of sp³-hybridized carbons (Fsp3) is 0.400. The molecule has 5 nitrogen and oxygen atoms in total. The van der Waals surface area contributed by atoms with Crippen molar-refractivity contribution in [1.29, 1.82) is 0 Å². The second kappa shape index (κ2) is 6.32. The Morgan fingerprint density at radius 3 is 2.15 bits per heavy atom. The maximum atomic E-state index is 11.7. The van der Waals surface area contributed by atoms with Gasteiger partial charge in [-0.05, 0) is 25.8 Å². The van der Waals surface area contributed by atoms with E-state index in [2.05, 4.69) is 0 Å². The van der Waals surface area contributed by atoms with Crippen molar-refractivity contribution in [3.05, 3.63) is 35.4 Å². The molecule has 1 aromatic rings. The van der Waals surface area contributed by atoms with Crippen molar-refractivity contribution in [2.45, 2.75) is 39.2 Å². The lowest BCUT2D eigenvalue weighted by Crippen LogP contribution is -2.27. The third-order valence-electron chi connectivity index (χ3n) is 3.00. The van der Waals surface area contributed by atoms with Crippen LogP contribution in [-0.2, 0) is 20.7 Å². The number of hydrogen-bond acceptors (Lipinski definition) is 4. The van der Waals surface area contributed by atoms with Gasteiger partial charge in [-0.2, -0.15) is 0 Å². The summed E-state index contributed by atoms with van der Waals surface area (Å²) >= 11 is 0. The molecule has 0 aromatic heterocycles. The lowest BCUT2D eigenvalue weighted by atomic mass is 10.1. The molecule has 0 saturated heterocycles. The molecule has 0 saturated carbocycles. The molecule has 0 aliphatic heterocycles. The molecule has 1 aromatic carbocycles. The molecular formula is C15H18O5. The Morgan fingerprint density at radius 1 is 1.15 bits per heavy atom. The number of aliphatic carboxylic acids is 1. The van der Waals surface area contributed by atoms with E-state index in [0.717, 1.165) is 0 Å². The van der Waals surface area contributed by atoms with E-state index < -0.39 is 17.4 Å². The number of hydrogen-bond donors (Lipinski definition) is 1. The monoisotopic (exact) mass is 278 g/mol. The van der Waals surface area contributed by atoms with Gasteiger partial charge in [0.2, 0.25) is 0 Å². The van der Waals surface area contributed by atoms with E-state index in [9.17, 15) is 14.4 Å². The van der Waals surface area contributed by atoms with E-state index in [0.29, 0.717) is 12.0 Å². The van der Waals surface area contributed by atoms with Crippen LogP contribution in [0.1, 0.15) is 43.1 Å². The van der Waals surface area contributed by atoms with Crippen molar-refractivity contribution in [2.24, 2.45) is 0 Å². The number of benzene rings is 1. The number of ether oxygens (including phenoxy) is 1. The van der Waals surface area contributed by atoms with Gasteiger partial charge in [0.1, 0.15) is 5.60 Å². The van der Waals surface area contributed by atoms with Gasteiger partial charge in [0.15, 0.2) is 0 Å². The van der Waals surface area contributed by atoms with Gasteiger partial charge in [-0.15, -0.1) is 0 Å². The minimum absolute atomic E-state index is 0.0866. The van der Waals surface area contributed by atoms with E-state index in [1.165, 1.54) is 12.1 Å². The van der Waals surface area contributed by atoms with E-state index in [1.54, 1.807) is 12.1 Å². The first kappa shape index (κ1) is 15.9. The zero-order valence-corrected chi connectivity index (χ0v) is 11.8. The van der Waals surface area contributed by atoms with Gasteiger partial charge < -0.3 is 9.84 Å². The zero-order chi connectivity index (χ0) is 15.3. The maximum Gasteiger partial charge on any atom is 0.377 e. The Balaban J connectivity index is 2.69. The summed E-state index contributed by atoms with van der Waals surface area (Å²) in [7, 11) is 0. The molecule has 0 atom stereocenters. The first-order chi connectivity index (χ1) is 9.25. The summed E-state index contributed by atoms with van der Waals surface area (Å²) in [5, 5.41) is 8.58. The smallest absolute Gasteiger partial charge is 0.377 e. The predicted molar refractivity (Wildman–Crippen MR) is 72.6 cm³/mol. The van der Waals surface area contributed by atoms with Crippen molar-refractivity contribution in [3.63, 3.8) is 0 Å². The van der Waals surface area contributed by atoms with Crippen LogP contribution in [0.2, 0.25) is 0 Å². The fourth-order valence-corrected chi connectivity index (χ4v) is 1.48. The van der Waals surface area contributed by atoms with Gasteiger partial charge >= 0.3 is 11.9 Å². The van der Waals surface area contributed by atoms with Gasteiger partial charge in [0, 0.05) is 5.56 Å². The third kappa shape index (κ3) is 4.50. The number of ketones is 1. The number of carbonyl (C=O) groups is 3. The maximum absolute atomic E-state index is 11.7. The highest BCUT2D eigenvalue weighted by Crippen LogP contribution is 2.15. The number of carboxylic acids is 1. The van der Waals surface area contributed by atoms with E-state index in [4.69, 9.17) is 9.84 Å². The quantitative estimate of drug-likeness (QED) is 0.490. The highest BCUT2D eigenvalue weighted by Gasteiger charge is 2.20. The molecule has 0 aliphatic rings. The Bertz CT molecular complexity index is 514. The molecule has 0 spiro atoms. The van der Waals surface area contributed by atoms with Crippen LogP contribution >= 0.6 is 0 Å². The Kier molecular flexibility index (Phi) is 5.02. The molecule has 1 rings (SSSR count). The Labute approximate surface area is 117 Å². The Morgan fingerprint density at radius 2 is 1.70 bits per heavy atom. The second-order valence-corrected chi connectivity index (χ2v) is 5.10. The van der Waals surface area contributed by atoms with E-state index >= 15 is 0 Å². The molecule has 108 valence electrons. The summed E-state index contributed by atoms with van der Waals surface area (Å²) in [6, 6.07) is 5.89. The van der Waals surface area contributed by atoms with Crippen LogP contribution in [0.3, 0.4) is 0 Å². The van der Waals surface area contributed by atoms with Crippen molar-refractivity contribution in [1.82, 2.24) is 0 Å². The summed E-state index contributed by atoms with van der Waals surface area (Å²) in [6.07, 6.45) is 0.801. The van der Waals surface area contributed by atoms with Gasteiger partial charge in [-0.25, -0.2) is 4.79 Å². The highest BCUT2D eigenvalue weighted by molar-refractivity contribution is 6.39. The standard InChI is InChI=1S/C15H18O5/c1-4-15(2,3)20-12(16)9-10-5-7-11(8-6-10)13(17)14(18)19/h5-8H,4,9H2,1-3H3,(H,18,19). The number of carbonyl (C=O) groups excluding carboxylic acids is 2. The van der Waals surface area contributed by atoms with Gasteiger partial charge in [-0.1, -0.05) is 31.2 Å². The normalized spacial score (nSPS) is 10.9. The van der Waals surface area contributed by atoms with E-state index in [1.807, 2.05) is 20.8 Å². The third-order valence-corrected chi connectivity index (χ3v) is 3.00. The minimum atomic E-state index is -1.50. The van der Waals surface area contributed by atoms with Crippen LogP contribution in [0.5, 0.6) is 0 Å². The molecule has 0 fully saturated rings. The number of carboxylic acid groups (broad SMARTS) is 1. The zero-order valence-electron chi connectivity index (χ0n) is 11.8. The van der Waals surface area contributed by atoms with Crippen LogP contribution in [0.15, 0.2) is 24.3 Å². The average molecular weight is 278 g/mol. The lowest BCUT2D eigenvalue weighted by molar-refractivity contribution is -0.155. The van der Waals surface area contributed by atoms with Crippen molar-refractivity contribution in [2.75, 3.05) is 0 Å². The molecule has 0 bridgehead atoms. The Hall–Kier alpha value is -2.17. The van der Waals surface area contributed by atoms with Crippen LogP contribution in [0.4, 0.5) is 0 Å². The largest absolute Gasteiger partial charge is 0.475 e. The number of rotatable bonds is 6. The molecule has 0 amide bonds. The van der Waals surface area contributed by atoms with Crippen LogP contribution < -0.4 is 0 Å². The molecule has 0 heterocycles. The fourth-order valence-electron chi connectivity index (χ4n) is 1.48. The minimum Gasteiger partial charge on any atom is -0.475 e. The highest BCUT2D eigenvalue weighted by atomic mass is 16.6. The average Bonchev–Trinajstić information content (AvgIpc) is 2.38. The number of esters is 1. The van der Waals surface area contributed by atoms with Gasteiger partial charge in [0.05, 0.1) is 6.42 Å². The molecule has 20 heavy (non-hydrogen) atoms. The van der Waals surface area contributed by atoms with Gasteiger partial charge in [0.25, 0.3) is 5.78 Å². The van der Waals surface area contributed by atoms with Crippen molar-refractivity contribution < 1.29 is 24.2 Å². The summed E-state index contributed by atoms with van der Waals surface area (Å²) in [5.74, 6) is -2.82. The topological polar surface area (TPSA) is 80.7 Å². The molecule has 0 unspecified atom stereocenters. The summed E-state index contributed by atoms with van der Waals surface area (Å²) in [5.41, 5.74) is 0.253. The predicted octanol–water partition coefficient (Wildman–Crippen LogP) is 2.23. The van der Waals surface area contributed by atoms with Crippen molar-refractivity contribution >= 4 is 17.7 Å². The molecule has 1 N–H and O–H groups in total. The van der Waals surface area contributed by atoms with Crippen molar-refractivity contribution in [3.8, 4) is 0 Å². The first-order valence-corrected chi connectivity index (χ1v) is 6.33. The number of Topliss-reactive ketones (excluding diaryl/α,β-unsaturated/α-hetero) is 1. The molecule has 0 aliphatic carbocycles. The summed E-state index contributed by atoms with van der Waals surface area (Å²) in [4.78, 5) is 33.5. The first-order valence-electron chi connectivity index (χ1n) is 6.33. The van der Waals surface area contributed by atoms with Gasteiger partial charge in [-0.3, -0.25) is 9.59 Å². The summed E-state index contributed by atoms with van der Waals surface area (Å²) in [6.45, 7) is 5.60. The molecule has 5 heteroatoms. The molecular weight excluding hydrogens is 260 g/mol. The SMILES string of the molecule is CCC(C)(C)OC(=O)Cc1ccc(C(=O)C(=O)O)cc1. The molecule has 0 radical (unpaired) electrons. The van der Waals surface area contributed by atoms with Crippen LogP contribution in [-0.4, -0.2) is 28.4 Å². The second-order valence-electron chi connectivity index (χ2n) is 5.10. The lowest BCUT2D eigenvalue weighted by Gasteiger charge is -2.23.